The van der Waals surface area contributed by atoms with Crippen molar-refractivity contribution in [3.8, 4) is 11.5 Å². The number of nitrogens with zero attached hydrogens (tertiary/aromatic N) is 1. The number of ether oxygens (including phenoxy) is 1. The molecule has 0 aliphatic carbocycles. The molecule has 126 valence electrons. The molecule has 2 aromatic carbocycles. The van der Waals surface area contributed by atoms with E-state index >= 15 is 0 Å². The lowest BCUT2D eigenvalue weighted by atomic mass is 10.0. The molecule has 0 fully saturated rings. The third-order valence-electron chi connectivity index (χ3n) is 3.60. The van der Waals surface area contributed by atoms with Crippen molar-refractivity contribution in [2.45, 2.75) is 19.3 Å². The van der Waals surface area contributed by atoms with Crippen LogP contribution >= 0.6 is 12.4 Å². The Hall–Kier alpha value is -1.71. The van der Waals surface area contributed by atoms with Gasteiger partial charge in [-0.1, -0.05) is 36.4 Å². The number of benzene rings is 2. The quantitative estimate of drug-likeness (QED) is 0.736. The fraction of sp³-hybridized carbons (Fsp3) is 0.368. The van der Waals surface area contributed by atoms with Crippen LogP contribution in [0.1, 0.15) is 24.0 Å². The molecule has 2 rings (SSSR count). The molecule has 0 unspecified atom stereocenters. The molecule has 0 amide bonds. The molecule has 0 saturated carbocycles. The zero-order valence-electron chi connectivity index (χ0n) is 13.9. The van der Waals surface area contributed by atoms with Crippen molar-refractivity contribution in [1.29, 1.82) is 0 Å². The van der Waals surface area contributed by atoms with Crippen LogP contribution < -0.4 is 4.74 Å². The highest BCUT2D eigenvalue weighted by Crippen LogP contribution is 2.25. The number of rotatable bonds is 8. The lowest BCUT2D eigenvalue weighted by molar-refractivity contribution is 0.291. The monoisotopic (exact) mass is 335 g/mol. The van der Waals surface area contributed by atoms with Crippen LogP contribution in [-0.4, -0.2) is 37.3 Å². The second kappa shape index (κ2) is 10.1. The number of unbranched alkanes of at least 4 members (excludes halogenated alkanes) is 1. The zero-order valence-corrected chi connectivity index (χ0v) is 14.7. The fourth-order valence-electron chi connectivity index (χ4n) is 2.37. The molecule has 0 radical (unpaired) electrons. The van der Waals surface area contributed by atoms with E-state index in [1.807, 2.05) is 36.4 Å². The Bertz CT molecular complexity index is 587. The topological polar surface area (TPSA) is 32.7 Å². The first-order valence-corrected chi connectivity index (χ1v) is 7.79. The van der Waals surface area contributed by atoms with Gasteiger partial charge in [0.05, 0.1) is 6.61 Å². The first-order valence-electron chi connectivity index (χ1n) is 7.79. The normalized spacial score (nSPS) is 10.4. The maximum atomic E-state index is 9.92. The number of phenolic OH excluding ortho intramolecular Hbond substituents is 1. The van der Waals surface area contributed by atoms with Gasteiger partial charge in [-0.15, -0.1) is 12.4 Å². The number of hydrogen-bond acceptors (Lipinski definition) is 3. The molecular formula is C19H26ClNO2. The minimum atomic E-state index is 0. The van der Waals surface area contributed by atoms with E-state index in [1.165, 1.54) is 0 Å². The Morgan fingerprint density at radius 1 is 0.913 bits per heavy atom. The van der Waals surface area contributed by atoms with Gasteiger partial charge in [0, 0.05) is 6.42 Å². The number of phenols is 1. The van der Waals surface area contributed by atoms with Gasteiger partial charge in [0.2, 0.25) is 0 Å². The van der Waals surface area contributed by atoms with Crippen LogP contribution in [0.4, 0.5) is 0 Å². The second-order valence-electron chi connectivity index (χ2n) is 5.77. The molecule has 0 aliphatic heterocycles. The Kier molecular flexibility index (Phi) is 8.52. The van der Waals surface area contributed by atoms with E-state index in [0.29, 0.717) is 12.2 Å². The molecule has 0 spiro atoms. The summed E-state index contributed by atoms with van der Waals surface area (Å²) in [6, 6.07) is 15.5. The largest absolute Gasteiger partial charge is 0.508 e. The second-order valence-corrected chi connectivity index (χ2v) is 5.77. The van der Waals surface area contributed by atoms with Crippen LogP contribution in [0, 0.1) is 0 Å². The molecular weight excluding hydrogens is 310 g/mol. The highest BCUT2D eigenvalue weighted by atomic mass is 35.5. The fourth-order valence-corrected chi connectivity index (χ4v) is 2.37. The van der Waals surface area contributed by atoms with E-state index in [-0.39, 0.29) is 12.4 Å². The standard InChI is InChI=1S/C19H25NO2.ClH/c1-20(2)13-7-8-14-22-19-12-6-4-10-17(19)15-16-9-3-5-11-18(16)21;/h3-6,9-12,21H,7-8,13-15H2,1-2H3;1H. The van der Waals surface area contributed by atoms with Crippen LogP contribution in [0.3, 0.4) is 0 Å². The van der Waals surface area contributed by atoms with Gasteiger partial charge < -0.3 is 14.7 Å². The van der Waals surface area contributed by atoms with E-state index < -0.39 is 0 Å². The molecule has 0 heterocycles. The summed E-state index contributed by atoms with van der Waals surface area (Å²) < 4.78 is 5.93. The summed E-state index contributed by atoms with van der Waals surface area (Å²) in [6.07, 6.45) is 2.86. The van der Waals surface area contributed by atoms with E-state index in [0.717, 1.165) is 42.9 Å². The average Bonchev–Trinajstić information content (AvgIpc) is 2.50. The lowest BCUT2D eigenvalue weighted by Crippen LogP contribution is -2.13. The van der Waals surface area contributed by atoms with Gasteiger partial charge in [-0.2, -0.15) is 0 Å². The summed E-state index contributed by atoms with van der Waals surface area (Å²) in [6.45, 7) is 1.81. The number of halogens is 1. The Balaban J connectivity index is 0.00000264. The van der Waals surface area contributed by atoms with Crippen molar-refractivity contribution in [2.75, 3.05) is 27.2 Å². The van der Waals surface area contributed by atoms with Crippen molar-refractivity contribution < 1.29 is 9.84 Å². The van der Waals surface area contributed by atoms with Gasteiger partial charge in [-0.25, -0.2) is 0 Å². The Morgan fingerprint density at radius 2 is 1.57 bits per heavy atom. The summed E-state index contributed by atoms with van der Waals surface area (Å²) in [5.74, 6) is 1.25. The third kappa shape index (κ3) is 6.51. The molecule has 0 saturated heterocycles. The summed E-state index contributed by atoms with van der Waals surface area (Å²) in [7, 11) is 4.17. The van der Waals surface area contributed by atoms with Gasteiger partial charge >= 0.3 is 0 Å². The first kappa shape index (κ1) is 19.3. The van der Waals surface area contributed by atoms with Crippen LogP contribution in [0.25, 0.3) is 0 Å². The molecule has 0 atom stereocenters. The molecule has 4 heteroatoms. The molecule has 0 bridgehead atoms. The number of para-hydroxylation sites is 2. The van der Waals surface area contributed by atoms with Crippen LogP contribution in [0.5, 0.6) is 11.5 Å². The average molecular weight is 336 g/mol. The Morgan fingerprint density at radius 3 is 2.26 bits per heavy atom. The molecule has 0 aliphatic rings. The number of aromatic hydroxyl groups is 1. The number of hydrogen-bond donors (Lipinski definition) is 1. The molecule has 1 N–H and O–H groups in total. The summed E-state index contributed by atoms with van der Waals surface area (Å²) in [5.41, 5.74) is 2.03. The molecule has 3 nitrogen and oxygen atoms in total. The maximum absolute atomic E-state index is 9.92. The van der Waals surface area contributed by atoms with E-state index in [1.54, 1.807) is 6.07 Å². The van der Waals surface area contributed by atoms with Gasteiger partial charge in [-0.05, 0) is 56.7 Å². The summed E-state index contributed by atoms with van der Waals surface area (Å²) in [5, 5.41) is 9.92. The van der Waals surface area contributed by atoms with Crippen LogP contribution in [0.2, 0.25) is 0 Å². The van der Waals surface area contributed by atoms with E-state index in [9.17, 15) is 5.11 Å². The minimum absolute atomic E-state index is 0. The van der Waals surface area contributed by atoms with Crippen LogP contribution in [-0.2, 0) is 6.42 Å². The maximum Gasteiger partial charge on any atom is 0.122 e. The van der Waals surface area contributed by atoms with E-state index in [2.05, 4.69) is 25.1 Å². The van der Waals surface area contributed by atoms with Gasteiger partial charge in [0.1, 0.15) is 11.5 Å². The van der Waals surface area contributed by atoms with Crippen molar-refractivity contribution in [2.24, 2.45) is 0 Å². The molecule has 0 aromatic heterocycles. The molecule has 23 heavy (non-hydrogen) atoms. The van der Waals surface area contributed by atoms with Crippen molar-refractivity contribution in [1.82, 2.24) is 4.90 Å². The lowest BCUT2D eigenvalue weighted by Gasteiger charge is -2.13. The first-order chi connectivity index (χ1) is 10.7. The summed E-state index contributed by atoms with van der Waals surface area (Å²) in [4.78, 5) is 2.19. The highest BCUT2D eigenvalue weighted by molar-refractivity contribution is 5.85. The predicted octanol–water partition coefficient (Wildman–Crippen LogP) is 4.13. The minimum Gasteiger partial charge on any atom is -0.508 e. The van der Waals surface area contributed by atoms with E-state index in [4.69, 9.17) is 4.74 Å². The Labute approximate surface area is 145 Å². The van der Waals surface area contributed by atoms with Gasteiger partial charge in [0.15, 0.2) is 0 Å². The van der Waals surface area contributed by atoms with Gasteiger partial charge in [-0.3, -0.25) is 0 Å². The SMILES string of the molecule is CN(C)CCCCOc1ccccc1Cc1ccccc1O.Cl. The molecule has 2 aromatic rings. The highest BCUT2D eigenvalue weighted by Gasteiger charge is 2.07. The van der Waals surface area contributed by atoms with Crippen LogP contribution in [0.15, 0.2) is 48.5 Å². The van der Waals surface area contributed by atoms with Crippen molar-refractivity contribution in [3.63, 3.8) is 0 Å². The third-order valence-corrected chi connectivity index (χ3v) is 3.60. The summed E-state index contributed by atoms with van der Waals surface area (Å²) >= 11 is 0. The zero-order chi connectivity index (χ0) is 15.8. The van der Waals surface area contributed by atoms with Crippen molar-refractivity contribution in [3.05, 3.63) is 59.7 Å². The predicted molar refractivity (Wildman–Crippen MR) is 97.9 cm³/mol. The van der Waals surface area contributed by atoms with Crippen molar-refractivity contribution >= 4 is 12.4 Å². The van der Waals surface area contributed by atoms with Gasteiger partial charge in [0.25, 0.3) is 0 Å². The smallest absolute Gasteiger partial charge is 0.122 e.